The van der Waals surface area contributed by atoms with Crippen LogP contribution >= 0.6 is 15.9 Å². The normalized spacial score (nSPS) is 12.9. The second-order valence-corrected chi connectivity index (χ2v) is 8.88. The Hall–Kier alpha value is -3.69. The molecule has 1 aliphatic carbocycles. The van der Waals surface area contributed by atoms with E-state index in [1.165, 1.54) is 18.2 Å². The van der Waals surface area contributed by atoms with Crippen LogP contribution in [0.3, 0.4) is 0 Å². The van der Waals surface area contributed by atoms with E-state index in [-0.39, 0.29) is 31.1 Å². The predicted octanol–water partition coefficient (Wildman–Crippen LogP) is 4.38. The molecule has 0 fully saturated rings. The van der Waals surface area contributed by atoms with E-state index in [1.807, 2.05) is 36.4 Å². The van der Waals surface area contributed by atoms with Gasteiger partial charge < -0.3 is 20.3 Å². The summed E-state index contributed by atoms with van der Waals surface area (Å²) in [5, 5.41) is 23.1. The molecule has 0 unspecified atom stereocenters. The van der Waals surface area contributed by atoms with Crippen molar-refractivity contribution in [2.45, 2.75) is 18.4 Å². The average Bonchev–Trinajstić information content (AvgIpc) is 3.17. The van der Waals surface area contributed by atoms with Crippen LogP contribution in [0.1, 0.15) is 33.8 Å². The molecule has 0 aromatic heterocycles. The maximum absolute atomic E-state index is 12.5. The van der Waals surface area contributed by atoms with Crippen molar-refractivity contribution in [2.24, 2.45) is 0 Å². The number of carboxylic acids is 1. The smallest absolute Gasteiger partial charge is 0.411 e. The van der Waals surface area contributed by atoms with Crippen LogP contribution in [-0.2, 0) is 9.53 Å². The maximum Gasteiger partial charge on any atom is 0.411 e. The second kappa shape index (κ2) is 10.7. The zero-order valence-corrected chi connectivity index (χ0v) is 20.1. The van der Waals surface area contributed by atoms with E-state index in [4.69, 9.17) is 14.9 Å². The molecule has 0 saturated carbocycles. The molecule has 4 rings (SSSR count). The predicted molar refractivity (Wildman–Crippen MR) is 133 cm³/mol. The number of aliphatic carboxylic acids is 1. The Morgan fingerprint density at radius 1 is 0.971 bits per heavy atom. The van der Waals surface area contributed by atoms with Crippen LogP contribution in [0, 0.1) is 0 Å². The minimum absolute atomic E-state index is 0.0660. The molecule has 0 bridgehead atoms. The van der Waals surface area contributed by atoms with E-state index in [9.17, 15) is 14.4 Å². The Kier molecular flexibility index (Phi) is 7.48. The Morgan fingerprint density at radius 2 is 1.60 bits per heavy atom. The number of hydrogen-bond donors (Lipinski definition) is 4. The Labute approximate surface area is 210 Å². The molecular weight excluding hydrogens is 516 g/mol. The highest BCUT2D eigenvalue weighted by molar-refractivity contribution is 9.10. The Balaban J connectivity index is 1.39. The van der Waals surface area contributed by atoms with Gasteiger partial charge in [0.1, 0.15) is 12.6 Å². The quantitative estimate of drug-likeness (QED) is 0.337. The molecule has 2 amide bonds. The van der Waals surface area contributed by atoms with E-state index in [0.29, 0.717) is 10.2 Å². The van der Waals surface area contributed by atoms with E-state index in [0.717, 1.165) is 22.3 Å². The number of rotatable bonds is 8. The molecule has 3 aromatic rings. The highest BCUT2D eigenvalue weighted by atomic mass is 79.9. The summed E-state index contributed by atoms with van der Waals surface area (Å²) >= 11 is 3.32. The van der Waals surface area contributed by atoms with Gasteiger partial charge in [0, 0.05) is 29.0 Å². The maximum atomic E-state index is 12.5. The number of anilines is 1. The van der Waals surface area contributed by atoms with E-state index < -0.39 is 24.0 Å². The third-order valence-electron chi connectivity index (χ3n) is 5.83. The second-order valence-electron chi connectivity index (χ2n) is 8.02. The van der Waals surface area contributed by atoms with Crippen molar-refractivity contribution in [3.05, 3.63) is 87.9 Å². The summed E-state index contributed by atoms with van der Waals surface area (Å²) in [5.74, 6) is -1.91. The Bertz CT molecular complexity index is 1230. The zero-order valence-electron chi connectivity index (χ0n) is 18.5. The van der Waals surface area contributed by atoms with Gasteiger partial charge >= 0.3 is 12.1 Å². The molecule has 0 aliphatic heterocycles. The fraction of sp³-hybridized carbons (Fsp3) is 0.192. The van der Waals surface area contributed by atoms with Gasteiger partial charge in [-0.3, -0.25) is 10.1 Å². The van der Waals surface area contributed by atoms with Crippen molar-refractivity contribution >= 4 is 39.6 Å². The number of fused-ring (bicyclic) bond motifs is 3. The fourth-order valence-electron chi connectivity index (χ4n) is 4.13. The monoisotopic (exact) mass is 538 g/mol. The first-order valence-electron chi connectivity index (χ1n) is 10.9. The third-order valence-corrected chi connectivity index (χ3v) is 6.49. The summed E-state index contributed by atoms with van der Waals surface area (Å²) in [6, 6.07) is 19.3. The summed E-state index contributed by atoms with van der Waals surface area (Å²) < 4.78 is 5.97. The topological polar surface area (TPSA) is 125 Å². The summed E-state index contributed by atoms with van der Waals surface area (Å²) in [7, 11) is 0. The summed E-state index contributed by atoms with van der Waals surface area (Å²) in [6.07, 6.45) is -0.748. The number of ether oxygens (including phenoxy) is 1. The number of carbonyl (C=O) groups is 3. The number of carbonyl (C=O) groups excluding carboxylic acids is 2. The summed E-state index contributed by atoms with van der Waals surface area (Å²) in [6.45, 7) is -0.205. The third kappa shape index (κ3) is 5.36. The molecule has 35 heavy (non-hydrogen) atoms. The van der Waals surface area contributed by atoms with Crippen LogP contribution in [0.2, 0.25) is 0 Å². The van der Waals surface area contributed by atoms with Crippen molar-refractivity contribution in [1.82, 2.24) is 5.32 Å². The number of aliphatic hydroxyl groups is 1. The number of aliphatic hydroxyl groups excluding tert-OH is 1. The first kappa shape index (κ1) is 24.4. The van der Waals surface area contributed by atoms with Gasteiger partial charge in [-0.25, -0.2) is 9.59 Å². The molecule has 0 heterocycles. The van der Waals surface area contributed by atoms with Crippen molar-refractivity contribution in [3.8, 4) is 11.1 Å². The lowest BCUT2D eigenvalue weighted by Crippen LogP contribution is -2.41. The summed E-state index contributed by atoms with van der Waals surface area (Å²) in [4.78, 5) is 36.1. The average molecular weight is 539 g/mol. The molecule has 4 N–H and O–H groups in total. The number of carboxylic acid groups (broad SMARTS) is 1. The molecule has 0 saturated heterocycles. The van der Waals surface area contributed by atoms with E-state index >= 15 is 0 Å². The molecule has 0 spiro atoms. The largest absolute Gasteiger partial charge is 0.480 e. The van der Waals surface area contributed by atoms with Gasteiger partial charge in [0.15, 0.2) is 0 Å². The number of hydrogen-bond acceptors (Lipinski definition) is 5. The van der Waals surface area contributed by atoms with Crippen LogP contribution in [0.5, 0.6) is 0 Å². The fourth-order valence-corrected chi connectivity index (χ4v) is 4.61. The van der Waals surface area contributed by atoms with E-state index in [1.54, 1.807) is 0 Å². The van der Waals surface area contributed by atoms with Crippen molar-refractivity contribution in [2.75, 3.05) is 18.5 Å². The SMILES string of the molecule is O=C(Nc1ccc(C(=O)N[C@@H](CCO)C(=O)O)cc1Br)OCC1c2ccccc2-c2ccccc21. The van der Waals surface area contributed by atoms with Crippen LogP contribution in [0.15, 0.2) is 71.2 Å². The lowest BCUT2D eigenvalue weighted by molar-refractivity contribution is -0.139. The molecule has 0 radical (unpaired) electrons. The first-order chi connectivity index (χ1) is 16.9. The molecule has 1 atom stereocenters. The van der Waals surface area contributed by atoms with E-state index in [2.05, 4.69) is 38.7 Å². The minimum atomic E-state index is -1.24. The highest BCUT2D eigenvalue weighted by Crippen LogP contribution is 2.44. The van der Waals surface area contributed by atoms with Gasteiger partial charge in [-0.2, -0.15) is 0 Å². The van der Waals surface area contributed by atoms with Gasteiger partial charge in [0.05, 0.1) is 5.69 Å². The number of halogens is 1. The van der Waals surface area contributed by atoms with Gasteiger partial charge in [-0.15, -0.1) is 0 Å². The lowest BCUT2D eigenvalue weighted by Gasteiger charge is -2.16. The lowest BCUT2D eigenvalue weighted by atomic mass is 9.98. The van der Waals surface area contributed by atoms with Gasteiger partial charge in [0.25, 0.3) is 5.91 Å². The minimum Gasteiger partial charge on any atom is -0.480 e. The van der Waals surface area contributed by atoms with Gasteiger partial charge in [0.2, 0.25) is 0 Å². The standard InChI is InChI=1S/C26H23BrN2O6/c27-21-13-15(24(31)28-23(11-12-30)25(32)33)9-10-22(21)29-26(34)35-14-20-18-7-3-1-5-16(18)17-6-2-4-8-19(17)20/h1-10,13,20,23,30H,11-12,14H2,(H,28,31)(H,29,34)(H,32,33)/t23-/m0/s1. The number of nitrogens with one attached hydrogen (secondary N) is 2. The molecule has 180 valence electrons. The van der Waals surface area contributed by atoms with Gasteiger partial charge in [-0.1, -0.05) is 48.5 Å². The van der Waals surface area contributed by atoms with Crippen LogP contribution < -0.4 is 10.6 Å². The molecular formula is C26H23BrN2O6. The van der Waals surface area contributed by atoms with Crippen LogP contribution in [-0.4, -0.2) is 47.4 Å². The Morgan fingerprint density at radius 3 is 2.17 bits per heavy atom. The van der Waals surface area contributed by atoms with Gasteiger partial charge in [-0.05, 0) is 56.4 Å². The van der Waals surface area contributed by atoms with Crippen LogP contribution in [0.4, 0.5) is 10.5 Å². The zero-order chi connectivity index (χ0) is 24.9. The van der Waals surface area contributed by atoms with Crippen LogP contribution in [0.25, 0.3) is 11.1 Å². The van der Waals surface area contributed by atoms with Crippen molar-refractivity contribution < 1.29 is 29.3 Å². The number of amides is 2. The highest BCUT2D eigenvalue weighted by Gasteiger charge is 2.29. The first-order valence-corrected chi connectivity index (χ1v) is 11.7. The molecule has 8 nitrogen and oxygen atoms in total. The van der Waals surface area contributed by atoms with Crippen molar-refractivity contribution in [1.29, 1.82) is 0 Å². The molecule has 9 heteroatoms. The molecule has 3 aromatic carbocycles. The van der Waals surface area contributed by atoms with Crippen molar-refractivity contribution in [3.63, 3.8) is 0 Å². The number of benzene rings is 3. The molecule has 1 aliphatic rings. The summed E-state index contributed by atoms with van der Waals surface area (Å²) in [5.41, 5.74) is 5.08.